The molecule has 0 saturated heterocycles. The van der Waals surface area contributed by atoms with Crippen molar-refractivity contribution in [3.05, 3.63) is 53.6 Å². The standard InChI is InChI=1S/C20H22F5N3O3/c1-26-19(27-10-13-3-5-15(6-4-13)30-12-20(23,24)25)28-11-14-9-16(29-2)7-8-17(14)31-18(21)22/h3-9,18H,10-12H2,1-2H3,(H2,26,27,28). The minimum atomic E-state index is -4.40. The predicted molar refractivity (Wildman–Crippen MR) is 105 cm³/mol. The first-order valence-corrected chi connectivity index (χ1v) is 9.05. The van der Waals surface area contributed by atoms with Gasteiger partial charge in [-0.2, -0.15) is 22.0 Å². The summed E-state index contributed by atoms with van der Waals surface area (Å²) in [5, 5.41) is 6.00. The van der Waals surface area contributed by atoms with E-state index in [1.54, 1.807) is 18.2 Å². The third-order valence-corrected chi connectivity index (χ3v) is 3.94. The third-order valence-electron chi connectivity index (χ3n) is 3.94. The van der Waals surface area contributed by atoms with E-state index in [-0.39, 0.29) is 18.0 Å². The molecular weight excluding hydrogens is 425 g/mol. The van der Waals surface area contributed by atoms with Crippen LogP contribution in [-0.4, -0.2) is 39.5 Å². The molecule has 11 heteroatoms. The fourth-order valence-electron chi connectivity index (χ4n) is 2.49. The number of alkyl halides is 5. The van der Waals surface area contributed by atoms with Gasteiger partial charge in [0.1, 0.15) is 17.2 Å². The lowest BCUT2D eigenvalue weighted by Crippen LogP contribution is -2.36. The van der Waals surface area contributed by atoms with Gasteiger partial charge in [0.05, 0.1) is 7.11 Å². The van der Waals surface area contributed by atoms with E-state index in [1.165, 1.54) is 38.4 Å². The maximum Gasteiger partial charge on any atom is 0.422 e. The van der Waals surface area contributed by atoms with E-state index < -0.39 is 19.4 Å². The van der Waals surface area contributed by atoms with Crippen molar-refractivity contribution >= 4 is 5.96 Å². The molecule has 31 heavy (non-hydrogen) atoms. The molecule has 2 aromatic rings. The van der Waals surface area contributed by atoms with E-state index >= 15 is 0 Å². The number of benzene rings is 2. The van der Waals surface area contributed by atoms with Gasteiger partial charge in [0.15, 0.2) is 12.6 Å². The largest absolute Gasteiger partial charge is 0.497 e. The molecule has 2 N–H and O–H groups in total. The molecule has 2 aromatic carbocycles. The molecule has 0 fully saturated rings. The van der Waals surface area contributed by atoms with E-state index in [4.69, 9.17) is 4.74 Å². The van der Waals surface area contributed by atoms with Gasteiger partial charge in [0.25, 0.3) is 0 Å². The summed E-state index contributed by atoms with van der Waals surface area (Å²) in [6.07, 6.45) is -4.40. The lowest BCUT2D eigenvalue weighted by molar-refractivity contribution is -0.153. The number of rotatable bonds is 9. The molecule has 2 rings (SSSR count). The molecule has 0 bridgehead atoms. The zero-order valence-corrected chi connectivity index (χ0v) is 16.8. The fraction of sp³-hybridized carbons (Fsp3) is 0.350. The summed E-state index contributed by atoms with van der Waals surface area (Å²) in [6, 6.07) is 10.6. The molecule has 0 spiro atoms. The second kappa shape index (κ2) is 11.2. The molecule has 0 amide bonds. The van der Waals surface area contributed by atoms with Crippen LogP contribution >= 0.6 is 0 Å². The van der Waals surface area contributed by atoms with Crippen molar-refractivity contribution < 1.29 is 36.2 Å². The molecule has 0 heterocycles. The first-order chi connectivity index (χ1) is 14.7. The Balaban J connectivity index is 1.92. The van der Waals surface area contributed by atoms with Crippen molar-refractivity contribution in [1.29, 1.82) is 0 Å². The van der Waals surface area contributed by atoms with Crippen molar-refractivity contribution in [2.75, 3.05) is 20.8 Å². The number of hydrogen-bond acceptors (Lipinski definition) is 4. The summed E-state index contributed by atoms with van der Waals surface area (Å²) < 4.78 is 76.1. The molecule has 0 atom stereocenters. The summed E-state index contributed by atoms with van der Waals surface area (Å²) in [5.41, 5.74) is 1.21. The maximum atomic E-state index is 12.6. The Morgan fingerprint density at radius 2 is 1.65 bits per heavy atom. The van der Waals surface area contributed by atoms with Gasteiger partial charge in [0.2, 0.25) is 0 Å². The van der Waals surface area contributed by atoms with Crippen LogP contribution in [0.15, 0.2) is 47.5 Å². The van der Waals surface area contributed by atoms with Crippen LogP contribution in [0, 0.1) is 0 Å². The van der Waals surface area contributed by atoms with Gasteiger partial charge in [0, 0.05) is 25.7 Å². The highest BCUT2D eigenvalue weighted by Gasteiger charge is 2.28. The normalized spacial score (nSPS) is 11.9. The molecule has 0 aliphatic heterocycles. The molecular formula is C20H22F5N3O3. The first kappa shape index (κ1) is 24.0. The average Bonchev–Trinajstić information content (AvgIpc) is 2.73. The highest BCUT2D eigenvalue weighted by Crippen LogP contribution is 2.25. The quantitative estimate of drug-likeness (QED) is 0.344. The average molecular weight is 447 g/mol. The fourth-order valence-corrected chi connectivity index (χ4v) is 2.49. The smallest absolute Gasteiger partial charge is 0.422 e. The molecule has 0 aliphatic rings. The molecule has 6 nitrogen and oxygen atoms in total. The minimum Gasteiger partial charge on any atom is -0.497 e. The van der Waals surface area contributed by atoms with Crippen molar-refractivity contribution in [2.24, 2.45) is 4.99 Å². The SMILES string of the molecule is CN=C(NCc1ccc(OCC(F)(F)F)cc1)NCc1cc(OC)ccc1OC(F)F. The van der Waals surface area contributed by atoms with Gasteiger partial charge in [-0.1, -0.05) is 12.1 Å². The van der Waals surface area contributed by atoms with Crippen molar-refractivity contribution in [3.63, 3.8) is 0 Å². The number of guanidine groups is 1. The third kappa shape index (κ3) is 8.57. The van der Waals surface area contributed by atoms with Gasteiger partial charge < -0.3 is 24.8 Å². The van der Waals surface area contributed by atoms with Gasteiger partial charge >= 0.3 is 12.8 Å². The van der Waals surface area contributed by atoms with E-state index in [0.29, 0.717) is 23.8 Å². The number of ether oxygens (including phenoxy) is 3. The van der Waals surface area contributed by atoms with Gasteiger partial charge in [-0.05, 0) is 35.9 Å². The van der Waals surface area contributed by atoms with E-state index in [9.17, 15) is 22.0 Å². The summed E-state index contributed by atoms with van der Waals surface area (Å²) >= 11 is 0. The van der Waals surface area contributed by atoms with Crippen LogP contribution in [0.2, 0.25) is 0 Å². The molecule has 170 valence electrons. The Labute approximate surface area is 176 Å². The van der Waals surface area contributed by atoms with Crippen molar-refractivity contribution in [2.45, 2.75) is 25.9 Å². The van der Waals surface area contributed by atoms with Crippen LogP contribution < -0.4 is 24.8 Å². The number of halogens is 5. The number of hydrogen-bond donors (Lipinski definition) is 2. The Morgan fingerprint density at radius 3 is 2.23 bits per heavy atom. The van der Waals surface area contributed by atoms with E-state index in [1.807, 2.05) is 0 Å². The summed E-state index contributed by atoms with van der Waals surface area (Å²) in [6.45, 7) is -3.88. The van der Waals surface area contributed by atoms with E-state index in [2.05, 4.69) is 25.1 Å². The number of nitrogens with one attached hydrogen (secondary N) is 2. The van der Waals surface area contributed by atoms with Crippen LogP contribution in [0.4, 0.5) is 22.0 Å². The first-order valence-electron chi connectivity index (χ1n) is 9.05. The highest BCUT2D eigenvalue weighted by molar-refractivity contribution is 5.79. The molecule has 0 aliphatic carbocycles. The maximum absolute atomic E-state index is 12.6. The van der Waals surface area contributed by atoms with E-state index in [0.717, 1.165) is 5.56 Å². The number of methoxy groups -OCH3 is 1. The Bertz CT molecular complexity index is 858. The van der Waals surface area contributed by atoms with Crippen molar-refractivity contribution in [3.8, 4) is 17.2 Å². The Kier molecular flexibility index (Phi) is 8.71. The summed E-state index contributed by atoms with van der Waals surface area (Å²) in [5.74, 6) is 0.971. The zero-order valence-electron chi connectivity index (χ0n) is 16.8. The number of aliphatic imine (C=N–C) groups is 1. The zero-order chi connectivity index (χ0) is 22.9. The van der Waals surface area contributed by atoms with Crippen LogP contribution in [0.5, 0.6) is 17.2 Å². The van der Waals surface area contributed by atoms with Gasteiger partial charge in [-0.3, -0.25) is 4.99 Å². The Hall–Kier alpha value is -3.24. The van der Waals surface area contributed by atoms with Crippen molar-refractivity contribution in [1.82, 2.24) is 10.6 Å². The second-order valence-corrected chi connectivity index (χ2v) is 6.18. The lowest BCUT2D eigenvalue weighted by Gasteiger charge is -2.15. The van der Waals surface area contributed by atoms with Gasteiger partial charge in [-0.15, -0.1) is 0 Å². The second-order valence-electron chi connectivity index (χ2n) is 6.18. The summed E-state index contributed by atoms with van der Waals surface area (Å²) in [7, 11) is 2.99. The number of nitrogens with zero attached hydrogens (tertiary/aromatic N) is 1. The molecule has 0 saturated carbocycles. The van der Waals surface area contributed by atoms with Crippen LogP contribution in [0.25, 0.3) is 0 Å². The van der Waals surface area contributed by atoms with Crippen LogP contribution in [0.1, 0.15) is 11.1 Å². The molecule has 0 radical (unpaired) electrons. The van der Waals surface area contributed by atoms with Crippen LogP contribution in [0.3, 0.4) is 0 Å². The topological polar surface area (TPSA) is 64.1 Å². The molecule has 0 aromatic heterocycles. The molecule has 0 unspecified atom stereocenters. The Morgan fingerprint density at radius 1 is 1.00 bits per heavy atom. The van der Waals surface area contributed by atoms with Gasteiger partial charge in [-0.25, -0.2) is 0 Å². The monoisotopic (exact) mass is 447 g/mol. The minimum absolute atomic E-state index is 0.00759. The summed E-state index contributed by atoms with van der Waals surface area (Å²) in [4.78, 5) is 4.05. The lowest BCUT2D eigenvalue weighted by atomic mass is 10.2. The van der Waals surface area contributed by atoms with Crippen LogP contribution in [-0.2, 0) is 13.1 Å². The highest BCUT2D eigenvalue weighted by atomic mass is 19.4. The predicted octanol–water partition coefficient (Wildman–Crippen LogP) is 4.10.